The van der Waals surface area contributed by atoms with Gasteiger partial charge in [0.15, 0.2) is 0 Å². The zero-order chi connectivity index (χ0) is 21.3. The minimum atomic E-state index is -3.24. The number of halogens is 1. The fourth-order valence-electron chi connectivity index (χ4n) is 3.83. The SMILES string of the molecule is CCS(=O)(=O)N(C)C1CCN(C(=O)NC(C)c2oc3ccc(F)cc3c2C)CC1. The van der Waals surface area contributed by atoms with Crippen molar-refractivity contribution in [3.05, 3.63) is 35.3 Å². The number of sulfonamides is 1. The van der Waals surface area contributed by atoms with Crippen LogP contribution in [0.2, 0.25) is 0 Å². The molecule has 7 nitrogen and oxygen atoms in total. The van der Waals surface area contributed by atoms with Crippen molar-refractivity contribution < 1.29 is 22.0 Å². The third-order valence-corrected chi connectivity index (χ3v) is 7.64. The minimum Gasteiger partial charge on any atom is -0.459 e. The van der Waals surface area contributed by atoms with Crippen molar-refractivity contribution >= 4 is 27.0 Å². The summed E-state index contributed by atoms with van der Waals surface area (Å²) in [4.78, 5) is 14.4. The quantitative estimate of drug-likeness (QED) is 0.796. The summed E-state index contributed by atoms with van der Waals surface area (Å²) in [7, 11) is -1.63. The second kappa shape index (κ2) is 8.31. The Morgan fingerprint density at radius 3 is 2.66 bits per heavy atom. The molecule has 0 aliphatic carbocycles. The molecule has 1 fully saturated rings. The number of hydrogen-bond acceptors (Lipinski definition) is 4. The second-order valence-electron chi connectivity index (χ2n) is 7.54. The maximum Gasteiger partial charge on any atom is 0.317 e. The largest absolute Gasteiger partial charge is 0.459 e. The number of carbonyl (C=O) groups is 1. The molecule has 1 aliphatic rings. The van der Waals surface area contributed by atoms with E-state index in [1.807, 2.05) is 13.8 Å². The first-order chi connectivity index (χ1) is 13.6. The Bertz CT molecular complexity index is 997. The number of nitrogens with one attached hydrogen (secondary N) is 1. The van der Waals surface area contributed by atoms with Gasteiger partial charge in [0, 0.05) is 37.1 Å². The van der Waals surface area contributed by atoms with Crippen LogP contribution in [0.3, 0.4) is 0 Å². The van der Waals surface area contributed by atoms with E-state index in [4.69, 9.17) is 4.42 Å². The number of hydrogen-bond donors (Lipinski definition) is 1. The maximum absolute atomic E-state index is 13.5. The molecule has 2 heterocycles. The third kappa shape index (κ3) is 4.40. The highest BCUT2D eigenvalue weighted by molar-refractivity contribution is 7.89. The number of piperidine rings is 1. The van der Waals surface area contributed by atoms with Gasteiger partial charge in [-0.2, -0.15) is 0 Å². The topological polar surface area (TPSA) is 82.9 Å². The molecule has 0 spiro atoms. The molecule has 2 amide bonds. The number of rotatable bonds is 5. The number of benzene rings is 1. The van der Waals surface area contributed by atoms with Gasteiger partial charge < -0.3 is 14.6 Å². The van der Waals surface area contributed by atoms with E-state index in [9.17, 15) is 17.6 Å². The highest BCUT2D eigenvalue weighted by Gasteiger charge is 2.31. The first-order valence-corrected chi connectivity index (χ1v) is 11.4. The van der Waals surface area contributed by atoms with Crippen LogP contribution in [0.4, 0.5) is 9.18 Å². The average Bonchev–Trinajstić information content (AvgIpc) is 3.03. The molecule has 1 N–H and O–H groups in total. The first-order valence-electron chi connectivity index (χ1n) is 9.83. The van der Waals surface area contributed by atoms with Crippen LogP contribution in [0.25, 0.3) is 11.0 Å². The molecular formula is C20H28FN3O4S. The lowest BCUT2D eigenvalue weighted by Crippen LogP contribution is -2.50. The summed E-state index contributed by atoms with van der Waals surface area (Å²) in [5, 5.41) is 3.63. The second-order valence-corrected chi connectivity index (χ2v) is 9.86. The molecule has 160 valence electrons. The van der Waals surface area contributed by atoms with Gasteiger partial charge in [0.2, 0.25) is 10.0 Å². The predicted molar refractivity (Wildman–Crippen MR) is 110 cm³/mol. The lowest BCUT2D eigenvalue weighted by molar-refractivity contribution is 0.160. The van der Waals surface area contributed by atoms with E-state index >= 15 is 0 Å². The van der Waals surface area contributed by atoms with E-state index in [0.717, 1.165) is 5.56 Å². The predicted octanol–water partition coefficient (Wildman–Crippen LogP) is 3.40. The third-order valence-electron chi connectivity index (χ3n) is 5.74. The monoisotopic (exact) mass is 425 g/mol. The van der Waals surface area contributed by atoms with E-state index < -0.39 is 10.0 Å². The lowest BCUT2D eigenvalue weighted by Gasteiger charge is -2.36. The van der Waals surface area contributed by atoms with Gasteiger partial charge in [0.05, 0.1) is 11.8 Å². The van der Waals surface area contributed by atoms with Gasteiger partial charge in [0.1, 0.15) is 17.2 Å². The number of carbonyl (C=O) groups excluding carboxylic acids is 1. The number of aryl methyl sites for hydroxylation is 1. The van der Waals surface area contributed by atoms with Crippen LogP contribution in [-0.2, 0) is 10.0 Å². The fourth-order valence-corrected chi connectivity index (χ4v) is 4.90. The zero-order valence-electron chi connectivity index (χ0n) is 17.2. The molecule has 0 bridgehead atoms. The summed E-state index contributed by atoms with van der Waals surface area (Å²) in [6.07, 6.45) is 1.20. The van der Waals surface area contributed by atoms with Gasteiger partial charge in [-0.1, -0.05) is 0 Å². The average molecular weight is 426 g/mol. The van der Waals surface area contributed by atoms with Gasteiger partial charge in [0.25, 0.3) is 0 Å². The summed E-state index contributed by atoms with van der Waals surface area (Å²) < 4.78 is 44.9. The molecule has 1 aliphatic heterocycles. The molecule has 3 rings (SSSR count). The Kier molecular flexibility index (Phi) is 6.19. The molecule has 1 unspecified atom stereocenters. The summed E-state index contributed by atoms with van der Waals surface area (Å²) in [6.45, 7) is 6.27. The van der Waals surface area contributed by atoms with Gasteiger partial charge in [-0.25, -0.2) is 21.9 Å². The maximum atomic E-state index is 13.5. The van der Waals surface area contributed by atoms with Crippen LogP contribution in [0.5, 0.6) is 0 Å². The summed E-state index contributed by atoms with van der Waals surface area (Å²) in [5.74, 6) is 0.341. The van der Waals surface area contributed by atoms with Gasteiger partial charge >= 0.3 is 6.03 Å². The molecule has 0 saturated carbocycles. The number of amides is 2. The number of urea groups is 1. The van der Waals surface area contributed by atoms with Crippen molar-refractivity contribution in [2.24, 2.45) is 0 Å². The minimum absolute atomic E-state index is 0.0719. The Hall–Kier alpha value is -2.13. The Morgan fingerprint density at radius 1 is 1.38 bits per heavy atom. The molecule has 29 heavy (non-hydrogen) atoms. The summed E-state index contributed by atoms with van der Waals surface area (Å²) in [5.41, 5.74) is 1.39. The van der Waals surface area contributed by atoms with Crippen LogP contribution in [0.15, 0.2) is 22.6 Å². The van der Waals surface area contributed by atoms with E-state index in [-0.39, 0.29) is 29.7 Å². The van der Waals surface area contributed by atoms with Crippen molar-refractivity contribution in [3.63, 3.8) is 0 Å². The van der Waals surface area contributed by atoms with Crippen LogP contribution in [0.1, 0.15) is 44.1 Å². The van der Waals surface area contributed by atoms with E-state index in [1.165, 1.54) is 16.4 Å². The Balaban J connectivity index is 1.62. The highest BCUT2D eigenvalue weighted by atomic mass is 32.2. The zero-order valence-corrected chi connectivity index (χ0v) is 18.1. The highest BCUT2D eigenvalue weighted by Crippen LogP contribution is 2.30. The lowest BCUT2D eigenvalue weighted by atomic mass is 10.1. The van der Waals surface area contributed by atoms with Crippen molar-refractivity contribution in [2.45, 2.75) is 45.7 Å². The summed E-state index contributed by atoms with van der Waals surface area (Å²) in [6, 6.07) is 3.67. The molecule has 1 atom stereocenters. The number of nitrogens with zero attached hydrogens (tertiary/aromatic N) is 2. The van der Waals surface area contributed by atoms with Crippen LogP contribution in [0, 0.1) is 12.7 Å². The standard InChI is InChI=1S/C20H28FN3O4S/c1-5-29(26,27)23(4)16-8-10-24(11-9-16)20(25)22-14(3)19-13(2)17-12-15(21)6-7-18(17)28-19/h6-7,12,14,16H,5,8-11H2,1-4H3,(H,22,25). The molecule has 9 heteroatoms. The molecular weight excluding hydrogens is 397 g/mol. The molecule has 0 radical (unpaired) electrons. The van der Waals surface area contributed by atoms with E-state index in [0.29, 0.717) is 42.7 Å². The van der Waals surface area contributed by atoms with Crippen LogP contribution < -0.4 is 5.32 Å². The van der Waals surface area contributed by atoms with Gasteiger partial charge in [-0.05, 0) is 51.8 Å². The Labute approximate surface area is 170 Å². The normalized spacial score (nSPS) is 17.1. The van der Waals surface area contributed by atoms with Gasteiger partial charge in [-0.15, -0.1) is 0 Å². The number of fused-ring (bicyclic) bond motifs is 1. The number of furan rings is 1. The fraction of sp³-hybridized carbons (Fsp3) is 0.550. The smallest absolute Gasteiger partial charge is 0.317 e. The van der Waals surface area contributed by atoms with E-state index in [1.54, 1.807) is 24.9 Å². The van der Waals surface area contributed by atoms with Crippen molar-refractivity contribution in [2.75, 3.05) is 25.9 Å². The van der Waals surface area contributed by atoms with E-state index in [2.05, 4.69) is 5.32 Å². The number of likely N-dealkylation sites (tertiary alicyclic amines) is 1. The van der Waals surface area contributed by atoms with Gasteiger partial charge in [-0.3, -0.25) is 0 Å². The molecule has 2 aromatic rings. The summed E-state index contributed by atoms with van der Waals surface area (Å²) >= 11 is 0. The van der Waals surface area contributed by atoms with Crippen molar-refractivity contribution in [1.82, 2.24) is 14.5 Å². The molecule has 1 aromatic heterocycles. The van der Waals surface area contributed by atoms with Crippen LogP contribution >= 0.6 is 0 Å². The first kappa shape index (κ1) is 21.6. The van der Waals surface area contributed by atoms with Crippen molar-refractivity contribution in [3.8, 4) is 0 Å². The molecule has 1 aromatic carbocycles. The van der Waals surface area contributed by atoms with Crippen molar-refractivity contribution in [1.29, 1.82) is 0 Å². The van der Waals surface area contributed by atoms with Crippen LogP contribution in [-0.4, -0.2) is 55.6 Å². The Morgan fingerprint density at radius 2 is 2.03 bits per heavy atom. The molecule has 1 saturated heterocycles.